The van der Waals surface area contributed by atoms with Gasteiger partial charge in [0.25, 0.3) is 5.56 Å². The third-order valence-electron chi connectivity index (χ3n) is 3.80. The van der Waals surface area contributed by atoms with E-state index in [1.165, 1.54) is 41.3 Å². The minimum atomic E-state index is -1.13. The molecule has 6 nitrogen and oxygen atoms in total. The van der Waals surface area contributed by atoms with Crippen molar-refractivity contribution in [3.8, 4) is 11.1 Å². The van der Waals surface area contributed by atoms with Crippen LogP contribution in [-0.2, 0) is 5.75 Å². The van der Waals surface area contributed by atoms with Gasteiger partial charge in [0.15, 0.2) is 5.16 Å². The van der Waals surface area contributed by atoms with E-state index >= 15 is 0 Å². The molecule has 0 unspecified atom stereocenters. The van der Waals surface area contributed by atoms with Gasteiger partial charge in [-0.05, 0) is 29.8 Å². The predicted octanol–water partition coefficient (Wildman–Crippen LogP) is 4.37. The molecule has 0 saturated heterocycles. The number of thiophene rings is 1. The molecule has 2 N–H and O–H groups in total. The topological polar surface area (TPSA) is 96.2 Å². The maximum absolute atomic E-state index is 13.1. The van der Waals surface area contributed by atoms with Gasteiger partial charge in [-0.2, -0.15) is 0 Å². The average Bonchev–Trinajstić information content (AvgIpc) is 3.28. The number of carboxylic acid groups (broad SMARTS) is 1. The van der Waals surface area contributed by atoms with Gasteiger partial charge in [0.1, 0.15) is 16.4 Å². The highest BCUT2D eigenvalue weighted by atomic mass is 32.2. The van der Waals surface area contributed by atoms with Crippen LogP contribution in [0.4, 0.5) is 4.39 Å². The van der Waals surface area contributed by atoms with Crippen LogP contribution in [0, 0.1) is 5.82 Å². The quantitative estimate of drug-likeness (QED) is 0.380. The number of halogens is 1. The summed E-state index contributed by atoms with van der Waals surface area (Å²) in [5.74, 6) is -0.806. The van der Waals surface area contributed by atoms with Crippen molar-refractivity contribution in [2.75, 3.05) is 0 Å². The van der Waals surface area contributed by atoms with Crippen LogP contribution in [0.3, 0.4) is 0 Å². The average molecular weight is 402 g/mol. The Kier molecular flexibility index (Phi) is 4.54. The van der Waals surface area contributed by atoms with Crippen LogP contribution < -0.4 is 5.56 Å². The molecule has 136 valence electrons. The molecule has 0 aliphatic carbocycles. The lowest BCUT2D eigenvalue weighted by atomic mass is 10.1. The Morgan fingerprint density at radius 3 is 2.74 bits per heavy atom. The number of nitrogens with one attached hydrogen (secondary N) is 1. The van der Waals surface area contributed by atoms with Gasteiger partial charge in [0.05, 0.1) is 11.1 Å². The number of aromatic nitrogens is 2. The van der Waals surface area contributed by atoms with Crippen LogP contribution in [0.1, 0.15) is 16.3 Å². The van der Waals surface area contributed by atoms with E-state index in [0.717, 1.165) is 5.56 Å². The number of aromatic carboxylic acids is 1. The van der Waals surface area contributed by atoms with E-state index in [9.17, 15) is 14.0 Å². The van der Waals surface area contributed by atoms with E-state index < -0.39 is 5.97 Å². The second-order valence-corrected chi connectivity index (χ2v) is 7.39. The molecule has 0 aliphatic rings. The van der Waals surface area contributed by atoms with Gasteiger partial charge in [0.2, 0.25) is 5.76 Å². The van der Waals surface area contributed by atoms with Gasteiger partial charge in [-0.1, -0.05) is 23.9 Å². The summed E-state index contributed by atoms with van der Waals surface area (Å²) in [6, 6.07) is 8.89. The first kappa shape index (κ1) is 17.5. The first-order valence-electron chi connectivity index (χ1n) is 7.73. The lowest BCUT2D eigenvalue weighted by Gasteiger charge is -2.01. The van der Waals surface area contributed by atoms with E-state index in [1.54, 1.807) is 18.2 Å². The van der Waals surface area contributed by atoms with Crippen molar-refractivity contribution in [2.24, 2.45) is 0 Å². The Balaban J connectivity index is 1.61. The van der Waals surface area contributed by atoms with Crippen molar-refractivity contribution in [3.05, 3.63) is 69.5 Å². The zero-order valence-electron chi connectivity index (χ0n) is 13.6. The van der Waals surface area contributed by atoms with Gasteiger partial charge < -0.3 is 14.5 Å². The van der Waals surface area contributed by atoms with Crippen molar-refractivity contribution in [1.82, 2.24) is 9.97 Å². The molecule has 0 bridgehead atoms. The number of hydrogen-bond acceptors (Lipinski definition) is 6. The second kappa shape index (κ2) is 7.01. The Morgan fingerprint density at radius 1 is 1.26 bits per heavy atom. The molecule has 3 aromatic heterocycles. The summed E-state index contributed by atoms with van der Waals surface area (Å²) in [6.07, 6.45) is 0. The molecule has 0 fully saturated rings. The van der Waals surface area contributed by atoms with Crippen molar-refractivity contribution < 1.29 is 18.7 Å². The summed E-state index contributed by atoms with van der Waals surface area (Å²) in [7, 11) is 0. The monoisotopic (exact) mass is 402 g/mol. The third-order valence-corrected chi connectivity index (χ3v) is 5.57. The highest BCUT2D eigenvalue weighted by Crippen LogP contribution is 2.32. The van der Waals surface area contributed by atoms with Crippen molar-refractivity contribution in [2.45, 2.75) is 10.9 Å². The predicted molar refractivity (Wildman–Crippen MR) is 101 cm³/mol. The molecule has 9 heteroatoms. The molecule has 3 heterocycles. The molecule has 1 aromatic carbocycles. The molecular formula is C18H11FN2O4S2. The molecule has 4 aromatic rings. The number of carbonyl (C=O) groups is 1. The van der Waals surface area contributed by atoms with Gasteiger partial charge in [-0.15, -0.1) is 11.3 Å². The maximum Gasteiger partial charge on any atom is 0.371 e. The van der Waals surface area contributed by atoms with Crippen LogP contribution in [0.25, 0.3) is 21.3 Å². The summed E-state index contributed by atoms with van der Waals surface area (Å²) in [5, 5.41) is 11.6. The maximum atomic E-state index is 13.1. The first-order valence-corrected chi connectivity index (χ1v) is 9.60. The zero-order chi connectivity index (χ0) is 19.0. The van der Waals surface area contributed by atoms with Crippen molar-refractivity contribution >= 4 is 39.3 Å². The number of H-pyrrole nitrogens is 1. The Labute approximate surface area is 159 Å². The molecule has 0 saturated carbocycles. The molecule has 0 amide bonds. The van der Waals surface area contributed by atoms with Crippen LogP contribution >= 0.6 is 23.1 Å². The number of thioether (sulfide) groups is 1. The third kappa shape index (κ3) is 3.51. The molecule has 27 heavy (non-hydrogen) atoms. The van der Waals surface area contributed by atoms with E-state index in [-0.39, 0.29) is 17.1 Å². The second-order valence-electron chi connectivity index (χ2n) is 5.57. The molecule has 4 rings (SSSR count). The molecule has 0 radical (unpaired) electrons. The first-order chi connectivity index (χ1) is 13.0. The normalized spacial score (nSPS) is 11.1. The standard InChI is InChI=1S/C18H11FN2O4S2/c19-10-3-1-9(2-4-10)12-8-26-16-14(12)15(22)20-18(21-16)27-7-11-5-6-13(25-11)17(23)24/h1-6,8H,7H2,(H,23,24)(H,20,21,22). The molecular weight excluding hydrogens is 391 g/mol. The van der Waals surface area contributed by atoms with Crippen LogP contribution in [-0.4, -0.2) is 21.0 Å². The minimum absolute atomic E-state index is 0.135. The smallest absolute Gasteiger partial charge is 0.371 e. The SMILES string of the molecule is O=C(O)c1ccc(CSc2nc3scc(-c4ccc(F)cc4)c3c(=O)[nH]2)o1. The number of benzene rings is 1. The van der Waals surface area contributed by atoms with Crippen molar-refractivity contribution in [3.63, 3.8) is 0 Å². The number of fused-ring (bicyclic) bond motifs is 1. The largest absolute Gasteiger partial charge is 0.475 e. The summed E-state index contributed by atoms with van der Waals surface area (Å²) in [4.78, 5) is 31.1. The fourth-order valence-corrected chi connectivity index (χ4v) is 4.31. The van der Waals surface area contributed by atoms with E-state index in [2.05, 4.69) is 9.97 Å². The number of aromatic amines is 1. The lowest BCUT2D eigenvalue weighted by Crippen LogP contribution is -2.08. The summed E-state index contributed by atoms with van der Waals surface area (Å²) >= 11 is 2.57. The fraction of sp³-hybridized carbons (Fsp3) is 0.0556. The summed E-state index contributed by atoms with van der Waals surface area (Å²) < 4.78 is 18.3. The van der Waals surface area contributed by atoms with Crippen LogP contribution in [0.2, 0.25) is 0 Å². The van der Waals surface area contributed by atoms with Gasteiger partial charge >= 0.3 is 5.97 Å². The Bertz CT molecular complexity index is 1190. The number of nitrogens with zero attached hydrogens (tertiary/aromatic N) is 1. The number of furan rings is 1. The van der Waals surface area contributed by atoms with Crippen molar-refractivity contribution in [1.29, 1.82) is 0 Å². The number of carboxylic acids is 1. The number of hydrogen-bond donors (Lipinski definition) is 2. The van der Waals surface area contributed by atoms with Crippen LogP contribution in [0.15, 0.2) is 56.1 Å². The molecule has 0 spiro atoms. The zero-order valence-corrected chi connectivity index (χ0v) is 15.2. The summed E-state index contributed by atoms with van der Waals surface area (Å²) in [5.41, 5.74) is 1.17. The summed E-state index contributed by atoms with van der Waals surface area (Å²) in [6.45, 7) is 0. The highest BCUT2D eigenvalue weighted by Gasteiger charge is 2.14. The highest BCUT2D eigenvalue weighted by molar-refractivity contribution is 7.98. The Hall–Kier alpha value is -2.91. The molecule has 0 atom stereocenters. The fourth-order valence-electron chi connectivity index (χ4n) is 2.55. The van der Waals surface area contributed by atoms with Gasteiger partial charge in [0, 0.05) is 10.9 Å². The number of rotatable bonds is 5. The molecule has 0 aliphatic heterocycles. The van der Waals surface area contributed by atoms with E-state index in [1.807, 2.05) is 5.38 Å². The Morgan fingerprint density at radius 2 is 2.04 bits per heavy atom. The van der Waals surface area contributed by atoms with E-state index in [4.69, 9.17) is 9.52 Å². The minimum Gasteiger partial charge on any atom is -0.475 e. The lowest BCUT2D eigenvalue weighted by molar-refractivity contribution is 0.0661. The van der Waals surface area contributed by atoms with Crippen LogP contribution in [0.5, 0.6) is 0 Å². The van der Waals surface area contributed by atoms with Gasteiger partial charge in [-0.3, -0.25) is 4.79 Å². The van der Waals surface area contributed by atoms with Gasteiger partial charge in [-0.25, -0.2) is 14.2 Å². The van der Waals surface area contributed by atoms with E-state index in [0.29, 0.717) is 32.4 Å².